The van der Waals surface area contributed by atoms with E-state index in [2.05, 4.69) is 0 Å². The molecule has 1 heterocycles. The van der Waals surface area contributed by atoms with Crippen LogP contribution in [0.15, 0.2) is 42.5 Å². The lowest BCUT2D eigenvalue weighted by atomic mass is 9.87. The molecule has 1 N–H and O–H groups in total. The molecule has 0 radical (unpaired) electrons. The Kier molecular flexibility index (Phi) is 7.93. The maximum Gasteiger partial charge on any atom is 0.306 e. The molecule has 0 spiro atoms. The fraction of sp³-hybridized carbons (Fsp3) is 0.412. The number of aryl methyl sites for hydroxylation is 2. The summed E-state index contributed by atoms with van der Waals surface area (Å²) in [7, 11) is 1.38. The van der Waals surface area contributed by atoms with Crippen molar-refractivity contribution in [3.63, 3.8) is 0 Å². The Hall–Kier alpha value is -3.71. The molecule has 3 aromatic rings. The lowest BCUT2D eigenvalue weighted by Crippen LogP contribution is -2.20. The van der Waals surface area contributed by atoms with E-state index in [9.17, 15) is 14.7 Å². The van der Waals surface area contributed by atoms with Crippen molar-refractivity contribution in [1.29, 1.82) is 0 Å². The largest absolute Gasteiger partial charge is 0.492 e. The number of ketones is 1. The number of fused-ring (bicyclic) bond motifs is 2. The third-order valence-corrected chi connectivity index (χ3v) is 8.15. The van der Waals surface area contributed by atoms with Gasteiger partial charge in [0.25, 0.3) is 0 Å². The highest BCUT2D eigenvalue weighted by atomic mass is 19.1. The topological polar surface area (TPSA) is 82.1 Å². The zero-order valence-electron chi connectivity index (χ0n) is 24.3. The smallest absolute Gasteiger partial charge is 0.306 e. The fourth-order valence-electron chi connectivity index (χ4n) is 6.09. The Labute approximate surface area is 240 Å². The lowest BCUT2D eigenvalue weighted by molar-refractivity contribution is -0.141. The Balaban J connectivity index is 1.39. The quantitative estimate of drug-likeness (QED) is 0.225. The second-order valence-corrected chi connectivity index (χ2v) is 11.8. The second-order valence-electron chi connectivity index (χ2n) is 11.8. The van der Waals surface area contributed by atoms with Gasteiger partial charge in [0.05, 0.1) is 25.7 Å². The first-order valence-corrected chi connectivity index (χ1v) is 14.1. The van der Waals surface area contributed by atoms with Crippen LogP contribution in [0.4, 0.5) is 4.39 Å². The minimum absolute atomic E-state index is 0.00221. The van der Waals surface area contributed by atoms with Crippen LogP contribution >= 0.6 is 0 Å². The SMILES string of the molecule is COC(=O)C[C@@H]1COc2cc(O[C@H]3CCc4c(-c5c(C)cc(C(=O)CCC(C)(C)O)cc5C)ccc(F)c43)ccc21. The van der Waals surface area contributed by atoms with E-state index < -0.39 is 11.7 Å². The number of hydrogen-bond acceptors (Lipinski definition) is 6. The Bertz CT molecular complexity index is 1480. The van der Waals surface area contributed by atoms with Crippen molar-refractivity contribution in [2.24, 2.45) is 0 Å². The summed E-state index contributed by atoms with van der Waals surface area (Å²) in [6.45, 7) is 7.76. The molecule has 41 heavy (non-hydrogen) atoms. The van der Waals surface area contributed by atoms with Crippen molar-refractivity contribution in [3.8, 4) is 22.6 Å². The minimum atomic E-state index is -0.896. The highest BCUT2D eigenvalue weighted by molar-refractivity contribution is 5.97. The van der Waals surface area contributed by atoms with Crippen molar-refractivity contribution in [2.75, 3.05) is 13.7 Å². The maximum absolute atomic E-state index is 15.3. The molecule has 0 amide bonds. The lowest BCUT2D eigenvalue weighted by Gasteiger charge is -2.19. The number of carbonyl (C=O) groups is 2. The van der Waals surface area contributed by atoms with Crippen LogP contribution in [0.1, 0.15) is 89.7 Å². The Morgan fingerprint density at radius 2 is 1.83 bits per heavy atom. The first-order chi connectivity index (χ1) is 19.4. The second kappa shape index (κ2) is 11.3. The van der Waals surface area contributed by atoms with Crippen molar-refractivity contribution in [1.82, 2.24) is 0 Å². The van der Waals surface area contributed by atoms with Crippen LogP contribution in [0.3, 0.4) is 0 Å². The summed E-state index contributed by atoms with van der Waals surface area (Å²) in [5.74, 6) is 0.623. The van der Waals surface area contributed by atoms with Crippen LogP contribution in [0.25, 0.3) is 11.1 Å². The first-order valence-electron chi connectivity index (χ1n) is 14.1. The van der Waals surface area contributed by atoms with E-state index >= 15 is 4.39 Å². The van der Waals surface area contributed by atoms with Gasteiger partial charge in [-0.15, -0.1) is 0 Å². The summed E-state index contributed by atoms with van der Waals surface area (Å²) in [4.78, 5) is 24.6. The summed E-state index contributed by atoms with van der Waals surface area (Å²) in [6.07, 6.45) is 1.77. The van der Waals surface area contributed by atoms with E-state index in [1.807, 2.05) is 50.2 Å². The van der Waals surface area contributed by atoms with Gasteiger partial charge in [0.1, 0.15) is 23.4 Å². The van der Waals surface area contributed by atoms with E-state index in [-0.39, 0.29) is 36.3 Å². The average molecular weight is 561 g/mol. The number of ether oxygens (including phenoxy) is 3. The van der Waals surface area contributed by atoms with E-state index in [0.717, 1.165) is 33.4 Å². The van der Waals surface area contributed by atoms with Crippen molar-refractivity contribution >= 4 is 11.8 Å². The molecule has 5 rings (SSSR count). The monoisotopic (exact) mass is 560 g/mol. The molecular formula is C34H37FO6. The molecule has 216 valence electrons. The molecule has 0 saturated carbocycles. The van der Waals surface area contributed by atoms with Gasteiger partial charge in [0.15, 0.2) is 5.78 Å². The van der Waals surface area contributed by atoms with Gasteiger partial charge in [-0.1, -0.05) is 12.1 Å². The Morgan fingerprint density at radius 1 is 1.10 bits per heavy atom. The van der Waals surface area contributed by atoms with Crippen LogP contribution in [-0.4, -0.2) is 36.2 Å². The summed E-state index contributed by atoms with van der Waals surface area (Å²) in [5.41, 5.74) is 6.03. The van der Waals surface area contributed by atoms with E-state index in [0.29, 0.717) is 48.5 Å². The minimum Gasteiger partial charge on any atom is -0.492 e. The number of hydrogen-bond donors (Lipinski definition) is 1. The van der Waals surface area contributed by atoms with Gasteiger partial charge in [0.2, 0.25) is 0 Å². The molecule has 3 aromatic carbocycles. The molecule has 2 atom stereocenters. The number of rotatable bonds is 9. The van der Waals surface area contributed by atoms with E-state index in [1.54, 1.807) is 13.8 Å². The number of esters is 1. The van der Waals surface area contributed by atoms with Crippen molar-refractivity contribution < 1.29 is 33.3 Å². The van der Waals surface area contributed by atoms with Crippen LogP contribution in [0.5, 0.6) is 11.5 Å². The molecule has 0 unspecified atom stereocenters. The van der Waals surface area contributed by atoms with E-state index in [4.69, 9.17) is 14.2 Å². The molecule has 6 nitrogen and oxygen atoms in total. The van der Waals surface area contributed by atoms with Crippen LogP contribution < -0.4 is 9.47 Å². The molecule has 0 fully saturated rings. The van der Waals surface area contributed by atoms with Gasteiger partial charge in [-0.2, -0.15) is 0 Å². The molecule has 2 aliphatic rings. The molecule has 7 heteroatoms. The van der Waals surface area contributed by atoms with Crippen molar-refractivity contribution in [3.05, 3.63) is 81.7 Å². The standard InChI is InChI=1S/C34H37FO6/c1-19-14-21(28(36)12-13-34(3,4)38)15-20(2)32(19)25-8-10-27(35)33-26(25)9-11-29(33)41-23-6-7-24-22(16-31(37)39-5)18-40-30(24)17-23/h6-8,10,14-15,17,22,29,38H,9,11-13,16,18H2,1-5H3/t22-,29+/m1/s1. The molecule has 0 saturated heterocycles. The van der Waals surface area contributed by atoms with Crippen LogP contribution in [0, 0.1) is 19.7 Å². The number of Topliss-reactive ketones (excluding diaryl/α,β-unsaturated/α-hetero) is 1. The zero-order valence-corrected chi connectivity index (χ0v) is 24.3. The van der Waals surface area contributed by atoms with Gasteiger partial charge < -0.3 is 19.3 Å². The third kappa shape index (κ3) is 6.01. The highest BCUT2D eigenvalue weighted by Crippen LogP contribution is 2.45. The average Bonchev–Trinajstić information content (AvgIpc) is 3.52. The number of methoxy groups -OCH3 is 1. The summed E-state index contributed by atoms with van der Waals surface area (Å²) in [5, 5.41) is 10.0. The van der Waals surface area contributed by atoms with Gasteiger partial charge in [0, 0.05) is 35.1 Å². The Morgan fingerprint density at radius 3 is 2.51 bits per heavy atom. The number of halogens is 1. The van der Waals surface area contributed by atoms with Gasteiger partial charge in [-0.25, -0.2) is 4.39 Å². The van der Waals surface area contributed by atoms with Gasteiger partial charge >= 0.3 is 5.97 Å². The molecule has 1 aliphatic heterocycles. The van der Waals surface area contributed by atoms with Crippen LogP contribution in [0.2, 0.25) is 0 Å². The summed E-state index contributed by atoms with van der Waals surface area (Å²) in [6, 6.07) is 12.7. The van der Waals surface area contributed by atoms with Gasteiger partial charge in [-0.05, 0) is 99.0 Å². The third-order valence-electron chi connectivity index (χ3n) is 8.15. The molecule has 0 aromatic heterocycles. The molecule has 1 aliphatic carbocycles. The zero-order chi connectivity index (χ0) is 29.5. The number of carbonyl (C=O) groups excluding carboxylic acids is 2. The normalized spacial score (nSPS) is 17.5. The summed E-state index contributed by atoms with van der Waals surface area (Å²) < 4.78 is 32.2. The maximum atomic E-state index is 15.3. The fourth-order valence-corrected chi connectivity index (χ4v) is 6.09. The predicted octanol–water partition coefficient (Wildman–Crippen LogP) is 6.95. The number of aliphatic hydroxyl groups is 1. The van der Waals surface area contributed by atoms with Gasteiger partial charge in [-0.3, -0.25) is 9.59 Å². The number of benzene rings is 3. The molecular weight excluding hydrogens is 523 g/mol. The van der Waals surface area contributed by atoms with Crippen molar-refractivity contribution in [2.45, 2.75) is 77.4 Å². The highest BCUT2D eigenvalue weighted by Gasteiger charge is 2.32. The summed E-state index contributed by atoms with van der Waals surface area (Å²) >= 11 is 0. The van der Waals surface area contributed by atoms with E-state index in [1.165, 1.54) is 13.2 Å². The van der Waals surface area contributed by atoms with Crippen LogP contribution in [-0.2, 0) is 16.0 Å². The predicted molar refractivity (Wildman–Crippen MR) is 154 cm³/mol. The molecule has 0 bridgehead atoms. The first kappa shape index (κ1) is 28.8.